The predicted molar refractivity (Wildman–Crippen MR) is 134 cm³/mol. The Balaban J connectivity index is 0.000000336. The van der Waals surface area contributed by atoms with E-state index in [4.69, 9.17) is 5.73 Å². The lowest BCUT2D eigenvalue weighted by molar-refractivity contribution is 0.0999. The highest BCUT2D eigenvalue weighted by atomic mass is 32.1. The number of aliphatic hydroxyl groups is 1. The van der Waals surface area contributed by atoms with E-state index in [1.807, 2.05) is 24.3 Å². The summed E-state index contributed by atoms with van der Waals surface area (Å²) >= 11 is 1.78. The molecule has 0 aliphatic rings. The van der Waals surface area contributed by atoms with Crippen molar-refractivity contribution in [1.29, 1.82) is 0 Å². The first-order valence-electron chi connectivity index (χ1n) is 11.1. The van der Waals surface area contributed by atoms with Crippen molar-refractivity contribution in [1.82, 2.24) is 10.6 Å². The molecule has 172 valence electrons. The molecule has 5 nitrogen and oxygen atoms in total. The molecular weight excluding hydrogens is 418 g/mol. The summed E-state index contributed by atoms with van der Waals surface area (Å²) in [6.45, 7) is 5.88. The molecule has 1 amide bonds. The van der Waals surface area contributed by atoms with Crippen LogP contribution in [0.3, 0.4) is 0 Å². The monoisotopic (exact) mass is 453 g/mol. The van der Waals surface area contributed by atoms with Crippen molar-refractivity contribution >= 4 is 17.2 Å². The summed E-state index contributed by atoms with van der Waals surface area (Å²) in [6.07, 6.45) is 2.24. The molecule has 5 N–H and O–H groups in total. The highest BCUT2D eigenvalue weighted by Crippen LogP contribution is 2.15. The average molecular weight is 454 g/mol. The molecule has 2 aromatic carbocycles. The van der Waals surface area contributed by atoms with Gasteiger partial charge >= 0.3 is 0 Å². The van der Waals surface area contributed by atoms with Crippen LogP contribution in [0.15, 0.2) is 72.1 Å². The van der Waals surface area contributed by atoms with Crippen molar-refractivity contribution in [2.45, 2.75) is 51.9 Å². The molecule has 1 heterocycles. The van der Waals surface area contributed by atoms with Gasteiger partial charge in [-0.05, 0) is 60.5 Å². The predicted octanol–water partition coefficient (Wildman–Crippen LogP) is 4.11. The van der Waals surface area contributed by atoms with Crippen LogP contribution in [0.5, 0.6) is 0 Å². The Morgan fingerprint density at radius 1 is 1.00 bits per heavy atom. The molecule has 0 aliphatic heterocycles. The van der Waals surface area contributed by atoms with Gasteiger partial charge in [-0.1, -0.05) is 62.4 Å². The summed E-state index contributed by atoms with van der Waals surface area (Å²) in [7, 11) is 0. The molecule has 3 aromatic rings. The Bertz CT molecular complexity index is 900. The lowest BCUT2D eigenvalue weighted by Gasteiger charge is -2.25. The van der Waals surface area contributed by atoms with Gasteiger partial charge in [-0.15, -0.1) is 11.3 Å². The van der Waals surface area contributed by atoms with Crippen LogP contribution in [0, 0.1) is 0 Å². The van der Waals surface area contributed by atoms with Gasteiger partial charge in [0.1, 0.15) is 0 Å². The summed E-state index contributed by atoms with van der Waals surface area (Å²) in [5.74, 6) is -0.379. The standard InChI is InChI=1S/C19H28N2OS.C7H7NO/c1-3-15-12-17(23-14-15)13-21-19(20-4-2)18(22)11-10-16-8-6-5-7-9-16;8-7(9)6-4-2-1-3-5-6/h5-9,12,14,18-22H,3-4,10-11,13H2,1-2H3;1-5H,(H2,8,9)/t18-,19?;/m1./s1. The van der Waals surface area contributed by atoms with Crippen LogP contribution < -0.4 is 16.4 Å². The van der Waals surface area contributed by atoms with Crippen LogP contribution in [-0.2, 0) is 19.4 Å². The van der Waals surface area contributed by atoms with Crippen molar-refractivity contribution in [3.63, 3.8) is 0 Å². The minimum absolute atomic E-state index is 0.0733. The normalized spacial score (nSPS) is 12.5. The number of nitrogens with two attached hydrogens (primary N) is 1. The molecule has 0 fully saturated rings. The second-order valence-corrected chi connectivity index (χ2v) is 8.51. The van der Waals surface area contributed by atoms with E-state index >= 15 is 0 Å². The van der Waals surface area contributed by atoms with E-state index in [1.165, 1.54) is 16.0 Å². The number of aryl methyl sites for hydroxylation is 2. The smallest absolute Gasteiger partial charge is 0.248 e. The molecule has 3 rings (SSSR count). The zero-order valence-electron chi connectivity index (χ0n) is 19.0. The number of amides is 1. The number of hydrogen-bond acceptors (Lipinski definition) is 5. The zero-order valence-corrected chi connectivity index (χ0v) is 19.8. The highest BCUT2D eigenvalue weighted by Gasteiger charge is 2.17. The molecule has 0 saturated heterocycles. The van der Waals surface area contributed by atoms with Crippen LogP contribution in [0.2, 0.25) is 0 Å². The minimum atomic E-state index is -0.402. The van der Waals surface area contributed by atoms with Gasteiger partial charge in [0.05, 0.1) is 12.3 Å². The number of thiophene rings is 1. The number of rotatable bonds is 11. The third kappa shape index (κ3) is 9.32. The molecule has 0 bridgehead atoms. The molecule has 0 saturated carbocycles. The fraction of sp³-hybridized carbons (Fsp3) is 0.346. The quantitative estimate of drug-likeness (QED) is 0.329. The third-order valence-corrected chi connectivity index (χ3v) is 6.04. The van der Waals surface area contributed by atoms with Gasteiger partial charge in [-0.2, -0.15) is 0 Å². The Hall–Kier alpha value is -2.51. The van der Waals surface area contributed by atoms with Crippen LogP contribution in [0.1, 0.15) is 46.6 Å². The first-order chi connectivity index (χ1) is 15.5. The molecular formula is C26H35N3O2S. The van der Waals surface area contributed by atoms with E-state index in [1.54, 1.807) is 35.6 Å². The average Bonchev–Trinajstić information content (AvgIpc) is 3.30. The molecule has 1 unspecified atom stereocenters. The van der Waals surface area contributed by atoms with E-state index < -0.39 is 6.10 Å². The maximum Gasteiger partial charge on any atom is 0.248 e. The molecule has 32 heavy (non-hydrogen) atoms. The van der Waals surface area contributed by atoms with E-state index in [0.717, 1.165) is 32.4 Å². The molecule has 0 radical (unpaired) electrons. The molecule has 2 atom stereocenters. The number of likely N-dealkylation sites (N-methyl/N-ethyl adjacent to an activating group) is 1. The van der Waals surface area contributed by atoms with Crippen molar-refractivity contribution in [3.05, 3.63) is 93.7 Å². The largest absolute Gasteiger partial charge is 0.390 e. The third-order valence-electron chi connectivity index (χ3n) is 5.05. The number of carbonyl (C=O) groups excluding carboxylic acids is 1. The van der Waals surface area contributed by atoms with E-state index in [2.05, 4.69) is 48.1 Å². The molecule has 1 aromatic heterocycles. The second kappa shape index (κ2) is 14.5. The van der Waals surface area contributed by atoms with Gasteiger partial charge in [0.25, 0.3) is 0 Å². The SMILES string of the molecule is CCNC(NCc1cc(CC)cs1)[C@H](O)CCc1ccccc1.NC(=O)c1ccccc1. The highest BCUT2D eigenvalue weighted by molar-refractivity contribution is 7.10. The van der Waals surface area contributed by atoms with Crippen LogP contribution >= 0.6 is 11.3 Å². The summed E-state index contributed by atoms with van der Waals surface area (Å²) in [6, 6.07) is 21.3. The van der Waals surface area contributed by atoms with Crippen LogP contribution in [0.4, 0.5) is 0 Å². The maximum atomic E-state index is 10.5. The van der Waals surface area contributed by atoms with E-state index in [9.17, 15) is 9.90 Å². The second-order valence-electron chi connectivity index (χ2n) is 7.51. The first kappa shape index (κ1) is 25.7. The Labute approximate surface area is 195 Å². The number of nitrogens with one attached hydrogen (secondary N) is 2. The fourth-order valence-electron chi connectivity index (χ4n) is 3.21. The Kier molecular flexibility index (Phi) is 11.7. The van der Waals surface area contributed by atoms with Crippen molar-refractivity contribution in [3.8, 4) is 0 Å². The lowest BCUT2D eigenvalue weighted by Crippen LogP contribution is -2.50. The maximum absolute atomic E-state index is 10.5. The number of carbonyl (C=O) groups is 1. The summed E-state index contributed by atoms with van der Waals surface area (Å²) in [5, 5.41) is 19.5. The lowest BCUT2D eigenvalue weighted by atomic mass is 10.1. The number of aliphatic hydroxyl groups excluding tert-OH is 1. The van der Waals surface area contributed by atoms with Crippen LogP contribution in [-0.4, -0.2) is 29.8 Å². The number of hydrogen-bond donors (Lipinski definition) is 4. The van der Waals surface area contributed by atoms with Crippen molar-refractivity contribution in [2.75, 3.05) is 6.54 Å². The van der Waals surface area contributed by atoms with Gasteiger partial charge in [-0.3, -0.25) is 10.1 Å². The van der Waals surface area contributed by atoms with Gasteiger partial charge in [-0.25, -0.2) is 0 Å². The topological polar surface area (TPSA) is 87.4 Å². The zero-order chi connectivity index (χ0) is 23.2. The molecule has 0 spiro atoms. The summed E-state index contributed by atoms with van der Waals surface area (Å²) in [5.41, 5.74) is 8.18. The van der Waals surface area contributed by atoms with Gasteiger partial charge in [0, 0.05) is 17.0 Å². The van der Waals surface area contributed by atoms with Gasteiger partial charge in [0.15, 0.2) is 0 Å². The van der Waals surface area contributed by atoms with E-state index in [-0.39, 0.29) is 12.1 Å². The number of benzene rings is 2. The number of primary amides is 1. The Morgan fingerprint density at radius 2 is 1.66 bits per heavy atom. The Morgan fingerprint density at radius 3 is 2.19 bits per heavy atom. The van der Waals surface area contributed by atoms with Gasteiger partial charge in [0.2, 0.25) is 5.91 Å². The first-order valence-corrected chi connectivity index (χ1v) is 12.0. The fourth-order valence-corrected chi connectivity index (χ4v) is 4.13. The minimum Gasteiger partial charge on any atom is -0.390 e. The summed E-state index contributed by atoms with van der Waals surface area (Å²) in [4.78, 5) is 11.7. The van der Waals surface area contributed by atoms with Gasteiger partial charge < -0.3 is 16.2 Å². The molecule has 0 aliphatic carbocycles. The molecule has 6 heteroatoms. The van der Waals surface area contributed by atoms with Crippen LogP contribution in [0.25, 0.3) is 0 Å². The van der Waals surface area contributed by atoms with Crippen molar-refractivity contribution < 1.29 is 9.90 Å². The summed E-state index contributed by atoms with van der Waals surface area (Å²) < 4.78 is 0. The van der Waals surface area contributed by atoms with E-state index in [0.29, 0.717) is 5.56 Å². The van der Waals surface area contributed by atoms with Crippen molar-refractivity contribution in [2.24, 2.45) is 5.73 Å².